The van der Waals surface area contributed by atoms with Gasteiger partial charge in [0, 0.05) is 75.4 Å². The Hall–Kier alpha value is -7.92. The zero-order valence-electron chi connectivity index (χ0n) is 53.7. The number of aromatic nitrogens is 10. The summed E-state index contributed by atoms with van der Waals surface area (Å²) < 4.78 is 0. The van der Waals surface area contributed by atoms with Gasteiger partial charge in [0.15, 0.2) is 0 Å². The third-order valence-electron chi connectivity index (χ3n) is 11.6. The summed E-state index contributed by atoms with van der Waals surface area (Å²) in [7, 11) is 0. The molecule has 81 heavy (non-hydrogen) atoms. The van der Waals surface area contributed by atoms with E-state index in [2.05, 4.69) is 256 Å². The van der Waals surface area contributed by atoms with Crippen molar-refractivity contribution in [2.24, 2.45) is 0 Å². The van der Waals surface area contributed by atoms with E-state index in [0.29, 0.717) is 22.9 Å². The van der Waals surface area contributed by atoms with E-state index in [1.54, 1.807) is 24.7 Å². The molecular weight excluding hydrogens is 993 g/mol. The molecule has 0 saturated heterocycles. The minimum Gasteiger partial charge on any atom is -0.262 e. The van der Waals surface area contributed by atoms with Gasteiger partial charge in [0.2, 0.25) is 5.82 Å². The van der Waals surface area contributed by atoms with Crippen LogP contribution in [0.25, 0.3) is 0 Å². The van der Waals surface area contributed by atoms with Gasteiger partial charge in [0.25, 0.3) is 0 Å². The summed E-state index contributed by atoms with van der Waals surface area (Å²) in [5.74, 6) is 11.2. The van der Waals surface area contributed by atoms with Gasteiger partial charge in [-0.05, 0) is 120 Å². The first-order chi connectivity index (χ1) is 37.2. The molecule has 0 aliphatic rings. The Morgan fingerprint density at radius 3 is 1.27 bits per heavy atom. The highest BCUT2D eigenvalue weighted by Crippen LogP contribution is 2.25. The number of hydrogen-bond donors (Lipinski definition) is 0. The lowest BCUT2D eigenvalue weighted by Crippen LogP contribution is -2.16. The van der Waals surface area contributed by atoms with E-state index in [1.807, 2.05) is 62.6 Å². The van der Waals surface area contributed by atoms with Crippen LogP contribution in [0.15, 0.2) is 110 Å². The number of rotatable bonds is 0. The average Bonchev–Trinajstić information content (AvgIpc) is 3.38. The molecule has 7 heterocycles. The predicted octanol–water partition coefficient (Wildman–Crippen LogP) is 15.7. The summed E-state index contributed by atoms with van der Waals surface area (Å²) in [6.45, 7) is 51.1. The highest BCUT2D eigenvalue weighted by Gasteiger charge is 2.20. The van der Waals surface area contributed by atoms with Crippen molar-refractivity contribution in [2.75, 3.05) is 0 Å². The van der Waals surface area contributed by atoms with Crippen LogP contribution in [0, 0.1) is 70.1 Å². The predicted molar refractivity (Wildman–Crippen MR) is 340 cm³/mol. The van der Waals surface area contributed by atoms with Crippen LogP contribution in [0.3, 0.4) is 0 Å². The van der Waals surface area contributed by atoms with E-state index in [4.69, 9.17) is 25.7 Å². The summed E-state index contributed by atoms with van der Waals surface area (Å²) in [6.07, 6.45) is 31.3. The molecule has 0 bridgehead atoms. The summed E-state index contributed by atoms with van der Waals surface area (Å²) >= 11 is 0. The van der Waals surface area contributed by atoms with Gasteiger partial charge in [0.05, 0.1) is 11.4 Å². The maximum atomic E-state index is 5.25. The number of pyridine rings is 4. The molecule has 0 atom stereocenters. The summed E-state index contributed by atoms with van der Waals surface area (Å²) in [5.41, 5.74) is 13.2. The molecule has 0 aliphatic carbocycles. The molecule has 7 rings (SSSR count). The van der Waals surface area contributed by atoms with Gasteiger partial charge in [-0.15, -0.1) is 25.7 Å². The van der Waals surface area contributed by atoms with Gasteiger partial charge in [0.1, 0.15) is 29.2 Å². The average molecular weight is 1090 g/mol. The number of terminal acetylenes is 4. The van der Waals surface area contributed by atoms with Crippen LogP contribution in [0.1, 0.15) is 225 Å². The van der Waals surface area contributed by atoms with Crippen molar-refractivity contribution in [2.45, 2.75) is 204 Å². The first kappa shape index (κ1) is 71.1. The third-order valence-corrected chi connectivity index (χ3v) is 11.6. The van der Waals surface area contributed by atoms with E-state index in [-0.39, 0.29) is 37.9 Å². The van der Waals surface area contributed by atoms with Crippen molar-refractivity contribution < 1.29 is 0 Å². The van der Waals surface area contributed by atoms with Gasteiger partial charge in [-0.1, -0.05) is 175 Å². The summed E-state index contributed by atoms with van der Waals surface area (Å²) in [6, 6.07) is 23.9. The van der Waals surface area contributed by atoms with E-state index in [9.17, 15) is 0 Å². The lowest BCUT2D eigenvalue weighted by molar-refractivity contribution is 0.544. The molecule has 0 saturated carbocycles. The van der Waals surface area contributed by atoms with Crippen LogP contribution in [0.5, 0.6) is 0 Å². The quantitative estimate of drug-likeness (QED) is 0.135. The SMILES string of the molecule is C#Cc1cc(C(C)(C)C)ccn1.C#Cc1cc(C(C)(C)C)ncn1.C#Cc1ccnc(C(C)(C)C)n1.C#Cc1nccc(C(C)(C)C)n1.Cc1cc(C(C)(C)C)ccn1.Cc1cccc(C(C)(C)C)n1.Cc1ncccc1C(C)(C)C. The topological polar surface area (TPSA) is 129 Å². The second kappa shape index (κ2) is 31.2. The Morgan fingerprint density at radius 2 is 0.840 bits per heavy atom. The molecule has 10 nitrogen and oxygen atoms in total. The first-order valence-corrected chi connectivity index (χ1v) is 27.3. The standard InChI is InChI=1S/C11H13N.3C10H12N2.3C10H15N/c1-5-10-8-9(6-7-12-10)11(2,3)4;1-5-8-6-9(10(2,3)4)12-7-11-8;1-5-9-11-7-6-8(12-9)10(2,3)4;1-5-8-6-7-11-9(12-8)10(2,3)4;1-8-7-9(5-6-11-8)10(2,3)4;1-8-9(10(2,3)4)6-5-7-11-8;1-8-6-5-7-9(11-8)10(2,3)4/h1,6-8H,2-4H3;3*1,6-7H,2-4H3;3*5-7H,1-4H3. The highest BCUT2D eigenvalue weighted by atomic mass is 14.9. The van der Waals surface area contributed by atoms with Crippen LogP contribution in [-0.2, 0) is 37.9 Å². The van der Waals surface area contributed by atoms with Crippen LogP contribution in [0.2, 0.25) is 0 Å². The van der Waals surface area contributed by atoms with Crippen LogP contribution in [0.4, 0.5) is 0 Å². The van der Waals surface area contributed by atoms with Crippen LogP contribution >= 0.6 is 0 Å². The molecule has 0 amide bonds. The Labute approximate surface area is 490 Å². The van der Waals surface area contributed by atoms with Crippen molar-refractivity contribution >= 4 is 0 Å². The van der Waals surface area contributed by atoms with Crippen molar-refractivity contribution in [3.63, 3.8) is 0 Å². The minimum atomic E-state index is -0.0349. The normalized spacial score (nSPS) is 11.2. The van der Waals surface area contributed by atoms with E-state index < -0.39 is 0 Å². The highest BCUT2D eigenvalue weighted by molar-refractivity contribution is 5.32. The molecule has 0 spiro atoms. The molecule has 0 N–H and O–H groups in total. The number of nitrogens with zero attached hydrogens (tertiary/aromatic N) is 10. The van der Waals surface area contributed by atoms with Crippen LogP contribution in [-0.4, -0.2) is 49.8 Å². The maximum absolute atomic E-state index is 5.25. The molecule has 7 aromatic rings. The van der Waals surface area contributed by atoms with E-state index >= 15 is 0 Å². The molecular formula is C71H94N10. The van der Waals surface area contributed by atoms with Crippen molar-refractivity contribution in [3.8, 4) is 49.4 Å². The van der Waals surface area contributed by atoms with Gasteiger partial charge < -0.3 is 0 Å². The molecule has 10 heteroatoms. The van der Waals surface area contributed by atoms with Crippen molar-refractivity contribution in [1.82, 2.24) is 49.8 Å². The Morgan fingerprint density at radius 1 is 0.333 bits per heavy atom. The van der Waals surface area contributed by atoms with E-state index in [0.717, 1.165) is 40.0 Å². The van der Waals surface area contributed by atoms with Gasteiger partial charge in [-0.3, -0.25) is 15.0 Å². The molecule has 0 radical (unpaired) electrons. The van der Waals surface area contributed by atoms with E-state index in [1.165, 1.54) is 23.0 Å². The fourth-order valence-electron chi connectivity index (χ4n) is 6.72. The molecule has 0 fully saturated rings. The lowest BCUT2D eigenvalue weighted by Gasteiger charge is -2.20. The second-order valence-corrected chi connectivity index (χ2v) is 26.6. The molecule has 7 aromatic heterocycles. The van der Waals surface area contributed by atoms with Gasteiger partial charge in [-0.25, -0.2) is 34.9 Å². The zero-order valence-corrected chi connectivity index (χ0v) is 53.7. The zero-order chi connectivity index (χ0) is 62.2. The fraction of sp³-hybridized carbons (Fsp3) is 0.437. The van der Waals surface area contributed by atoms with Gasteiger partial charge >= 0.3 is 0 Å². The molecule has 0 aliphatic heterocycles. The first-order valence-electron chi connectivity index (χ1n) is 27.3. The number of aryl methyl sites for hydroxylation is 3. The Kier molecular flexibility index (Phi) is 27.4. The van der Waals surface area contributed by atoms with Crippen molar-refractivity contribution in [3.05, 3.63) is 190 Å². The Balaban J connectivity index is 0.000000473. The third kappa shape index (κ3) is 27.7. The summed E-state index contributed by atoms with van der Waals surface area (Å²) in [4.78, 5) is 41.5. The van der Waals surface area contributed by atoms with Crippen molar-refractivity contribution in [1.29, 1.82) is 0 Å². The lowest BCUT2D eigenvalue weighted by atomic mass is 9.86. The smallest absolute Gasteiger partial charge is 0.204 e. The van der Waals surface area contributed by atoms with Gasteiger partial charge in [-0.2, -0.15) is 0 Å². The fourth-order valence-corrected chi connectivity index (χ4v) is 6.72. The number of hydrogen-bond acceptors (Lipinski definition) is 10. The summed E-state index contributed by atoms with van der Waals surface area (Å²) in [5, 5.41) is 0. The minimum absolute atomic E-state index is 0.0349. The maximum Gasteiger partial charge on any atom is 0.204 e. The molecule has 428 valence electrons. The second-order valence-electron chi connectivity index (χ2n) is 26.6. The molecule has 0 aromatic carbocycles. The van der Waals surface area contributed by atoms with Crippen LogP contribution < -0.4 is 0 Å². The molecule has 0 unspecified atom stereocenters. The monoisotopic (exact) mass is 1090 g/mol. The largest absolute Gasteiger partial charge is 0.262 e. The Bertz CT molecular complexity index is 2890.